The van der Waals surface area contributed by atoms with E-state index >= 15 is 0 Å². The summed E-state index contributed by atoms with van der Waals surface area (Å²) in [6, 6.07) is 0. The average Bonchev–Trinajstić information content (AvgIpc) is 3.56. The van der Waals surface area contributed by atoms with Crippen LogP contribution in [0.25, 0.3) is 0 Å². The van der Waals surface area contributed by atoms with E-state index in [1.807, 2.05) is 0 Å². The zero-order valence-electron chi connectivity index (χ0n) is 38.8. The fraction of sp³-hybridized carbons (Fsp3) is 0.942. The SMILES string of the molecule is CCCCCCCCCCCCCCCCCC(=O)O[C@H]1[C@H](O[C@H]2CC[C@@]3(C)C(=CC[C@H]4[C@@H]5CC[C@H]([C@H](C)CC[C@@H](CC)C(C)C)[C@@]5(C)CC[C@@H]43)C2)OC[C@@H](O)[C@@H]1O. The lowest BCUT2D eigenvalue weighted by Gasteiger charge is -2.58. The molecule has 6 heteroatoms. The van der Waals surface area contributed by atoms with Crippen molar-refractivity contribution >= 4 is 5.97 Å². The zero-order valence-corrected chi connectivity index (χ0v) is 38.8. The van der Waals surface area contributed by atoms with E-state index in [0.717, 1.165) is 80.0 Å². The maximum Gasteiger partial charge on any atom is 0.306 e. The molecule has 0 amide bonds. The quantitative estimate of drug-likeness (QED) is 0.0542. The molecule has 13 atom stereocenters. The predicted molar refractivity (Wildman–Crippen MR) is 238 cm³/mol. The second-order valence-corrected chi connectivity index (χ2v) is 21.4. The maximum absolute atomic E-state index is 13.0. The molecule has 0 aromatic heterocycles. The molecule has 1 heterocycles. The van der Waals surface area contributed by atoms with Crippen LogP contribution < -0.4 is 0 Å². The number of fused-ring (bicyclic) bond motifs is 5. The first-order valence-corrected chi connectivity index (χ1v) is 25.4. The monoisotopic (exact) mass is 813 g/mol. The molecule has 4 aliphatic carbocycles. The van der Waals surface area contributed by atoms with E-state index < -0.39 is 24.6 Å². The molecule has 1 saturated heterocycles. The Labute approximate surface area is 357 Å². The molecular weight excluding hydrogens is 721 g/mol. The molecule has 0 bridgehead atoms. The van der Waals surface area contributed by atoms with Gasteiger partial charge < -0.3 is 24.4 Å². The first-order chi connectivity index (χ1) is 27.9. The zero-order chi connectivity index (χ0) is 41.7. The summed E-state index contributed by atoms with van der Waals surface area (Å²) in [7, 11) is 0. The van der Waals surface area contributed by atoms with Crippen LogP contribution in [-0.4, -0.2) is 53.5 Å². The van der Waals surface area contributed by atoms with E-state index in [1.54, 1.807) is 5.57 Å². The van der Waals surface area contributed by atoms with Crippen molar-refractivity contribution in [3.63, 3.8) is 0 Å². The largest absolute Gasteiger partial charge is 0.454 e. The van der Waals surface area contributed by atoms with Crippen LogP contribution in [-0.2, 0) is 19.0 Å². The highest BCUT2D eigenvalue weighted by molar-refractivity contribution is 5.69. The van der Waals surface area contributed by atoms with Gasteiger partial charge in [-0.3, -0.25) is 4.79 Å². The van der Waals surface area contributed by atoms with Crippen molar-refractivity contribution in [1.29, 1.82) is 0 Å². The van der Waals surface area contributed by atoms with Crippen LogP contribution in [0.4, 0.5) is 0 Å². The molecular formula is C52H92O6. The highest BCUT2D eigenvalue weighted by atomic mass is 16.7. The number of carbonyl (C=O) groups excluding carboxylic acids is 1. The fourth-order valence-electron chi connectivity index (χ4n) is 13.5. The highest BCUT2D eigenvalue weighted by Gasteiger charge is 2.59. The summed E-state index contributed by atoms with van der Waals surface area (Å²) in [5, 5.41) is 21.5. The van der Waals surface area contributed by atoms with Gasteiger partial charge in [-0.15, -0.1) is 0 Å². The van der Waals surface area contributed by atoms with Gasteiger partial charge in [0.2, 0.25) is 0 Å². The third-order valence-corrected chi connectivity index (χ3v) is 17.3. The average molecular weight is 813 g/mol. The van der Waals surface area contributed by atoms with Crippen molar-refractivity contribution in [3.05, 3.63) is 11.6 Å². The van der Waals surface area contributed by atoms with E-state index in [1.165, 1.54) is 128 Å². The van der Waals surface area contributed by atoms with Gasteiger partial charge in [-0.05, 0) is 116 Å². The summed E-state index contributed by atoms with van der Waals surface area (Å²) >= 11 is 0. The lowest BCUT2D eigenvalue weighted by atomic mass is 9.47. The number of esters is 1. The number of aliphatic hydroxyl groups excluding tert-OH is 2. The Hall–Kier alpha value is -0.950. The van der Waals surface area contributed by atoms with Crippen LogP contribution in [0.1, 0.15) is 222 Å². The van der Waals surface area contributed by atoms with E-state index in [4.69, 9.17) is 14.2 Å². The number of unbranched alkanes of at least 4 members (excludes halogenated alkanes) is 14. The number of hydrogen-bond donors (Lipinski definition) is 2. The minimum Gasteiger partial charge on any atom is -0.454 e. The van der Waals surface area contributed by atoms with Crippen LogP contribution >= 0.6 is 0 Å². The van der Waals surface area contributed by atoms with Gasteiger partial charge in [-0.2, -0.15) is 0 Å². The van der Waals surface area contributed by atoms with Crippen molar-refractivity contribution in [2.24, 2.45) is 52.3 Å². The summed E-state index contributed by atoms with van der Waals surface area (Å²) in [4.78, 5) is 13.0. The first kappa shape index (κ1) is 48.1. The van der Waals surface area contributed by atoms with Crippen LogP contribution in [0.15, 0.2) is 11.6 Å². The predicted octanol–water partition coefficient (Wildman–Crippen LogP) is 13.3. The van der Waals surface area contributed by atoms with E-state index in [-0.39, 0.29) is 24.1 Å². The van der Waals surface area contributed by atoms with Crippen LogP contribution in [0.3, 0.4) is 0 Å². The van der Waals surface area contributed by atoms with E-state index in [2.05, 4.69) is 54.5 Å². The molecule has 336 valence electrons. The van der Waals surface area contributed by atoms with Gasteiger partial charge in [0.15, 0.2) is 12.4 Å². The Morgan fingerprint density at radius 1 is 0.810 bits per heavy atom. The number of allylic oxidation sites excluding steroid dienone is 1. The highest BCUT2D eigenvalue weighted by Crippen LogP contribution is 2.67. The molecule has 0 spiro atoms. The van der Waals surface area contributed by atoms with Crippen LogP contribution in [0, 0.1) is 52.3 Å². The lowest BCUT2D eigenvalue weighted by Crippen LogP contribution is -2.56. The second-order valence-electron chi connectivity index (χ2n) is 21.4. The molecule has 0 radical (unpaired) electrons. The fourth-order valence-corrected chi connectivity index (χ4v) is 13.5. The molecule has 6 nitrogen and oxygen atoms in total. The Morgan fingerprint density at radius 3 is 2.07 bits per heavy atom. The number of hydrogen-bond acceptors (Lipinski definition) is 6. The van der Waals surface area contributed by atoms with Gasteiger partial charge in [0.05, 0.1) is 12.7 Å². The van der Waals surface area contributed by atoms with Crippen molar-refractivity contribution in [2.75, 3.05) is 6.61 Å². The molecule has 5 aliphatic rings. The molecule has 58 heavy (non-hydrogen) atoms. The number of rotatable bonds is 25. The maximum atomic E-state index is 13.0. The van der Waals surface area contributed by atoms with Gasteiger partial charge in [0.1, 0.15) is 12.2 Å². The van der Waals surface area contributed by atoms with Gasteiger partial charge >= 0.3 is 5.97 Å². The summed E-state index contributed by atoms with van der Waals surface area (Å²) in [5.41, 5.74) is 2.24. The topological polar surface area (TPSA) is 85.2 Å². The van der Waals surface area contributed by atoms with E-state index in [0.29, 0.717) is 11.8 Å². The van der Waals surface area contributed by atoms with Gasteiger partial charge in [-0.1, -0.05) is 163 Å². The summed E-state index contributed by atoms with van der Waals surface area (Å²) in [6.45, 7) is 17.3. The van der Waals surface area contributed by atoms with Crippen molar-refractivity contribution < 1.29 is 29.2 Å². The Bertz CT molecular complexity index is 1230. The molecule has 4 fully saturated rings. The van der Waals surface area contributed by atoms with Gasteiger partial charge in [0.25, 0.3) is 0 Å². The smallest absolute Gasteiger partial charge is 0.306 e. The second kappa shape index (κ2) is 23.5. The summed E-state index contributed by atoms with van der Waals surface area (Å²) in [6.07, 6.45) is 31.6. The first-order valence-electron chi connectivity index (χ1n) is 25.4. The molecule has 0 aromatic carbocycles. The minimum absolute atomic E-state index is 0.0213. The third-order valence-electron chi connectivity index (χ3n) is 17.3. The Balaban J connectivity index is 1.04. The van der Waals surface area contributed by atoms with Crippen molar-refractivity contribution in [2.45, 2.75) is 253 Å². The molecule has 5 rings (SSSR count). The number of aliphatic hydroxyl groups is 2. The van der Waals surface area contributed by atoms with Crippen LogP contribution in [0.2, 0.25) is 0 Å². The number of carbonyl (C=O) groups is 1. The summed E-state index contributed by atoms with van der Waals surface area (Å²) in [5.74, 6) is 5.35. The normalized spacial score (nSPS) is 35.8. The van der Waals surface area contributed by atoms with Gasteiger partial charge in [-0.25, -0.2) is 0 Å². The van der Waals surface area contributed by atoms with Crippen LogP contribution in [0.5, 0.6) is 0 Å². The Kier molecular flexibility index (Phi) is 19.5. The van der Waals surface area contributed by atoms with Crippen molar-refractivity contribution in [3.8, 4) is 0 Å². The summed E-state index contributed by atoms with van der Waals surface area (Å²) < 4.78 is 18.4. The minimum atomic E-state index is -1.22. The standard InChI is InChI=1S/C52H92O6/c1-8-10-11-12-13-14-15-16-17-18-19-20-21-22-23-24-47(54)58-49-48(55)46(53)36-56-50(49)57-41-31-33-51(6)40(35-41)27-28-42-44-30-29-43(52(44,7)34-32-45(42)51)38(5)25-26-39(9-2)37(3)4/h27,37-39,41-46,48-50,53,55H,8-26,28-36H2,1-7H3/t38-,39-,41+,42+,43-,44+,45+,46-,48+,49-,50+,51+,52-/m1/s1. The lowest BCUT2D eigenvalue weighted by molar-refractivity contribution is -0.289. The van der Waals surface area contributed by atoms with Crippen molar-refractivity contribution in [1.82, 2.24) is 0 Å². The Morgan fingerprint density at radius 2 is 1.45 bits per heavy atom. The molecule has 0 aromatic rings. The molecule has 0 unspecified atom stereocenters. The molecule has 1 aliphatic heterocycles. The molecule has 2 N–H and O–H groups in total. The third kappa shape index (κ3) is 12.4. The van der Waals surface area contributed by atoms with Gasteiger partial charge in [0, 0.05) is 6.42 Å². The number of ether oxygens (including phenoxy) is 3. The molecule has 3 saturated carbocycles. The van der Waals surface area contributed by atoms with E-state index in [9.17, 15) is 15.0 Å².